The SMILES string of the molecule is COc1ccc(CCCC(=O)NCc2ccc(Oc3cccc(F)c3)nc2)cc1. The molecule has 0 unspecified atom stereocenters. The molecule has 0 saturated carbocycles. The number of aryl methyl sites for hydroxylation is 1. The Balaban J connectivity index is 1.39. The first kappa shape index (κ1) is 20.3. The lowest BCUT2D eigenvalue weighted by Gasteiger charge is -2.08. The summed E-state index contributed by atoms with van der Waals surface area (Å²) in [5, 5.41) is 2.89. The second-order valence-electron chi connectivity index (χ2n) is 6.54. The minimum absolute atomic E-state index is 0.00130. The molecule has 3 aromatic rings. The van der Waals surface area contributed by atoms with Crippen LogP contribution in [0.2, 0.25) is 0 Å². The quantitative estimate of drug-likeness (QED) is 0.573. The molecule has 150 valence electrons. The van der Waals surface area contributed by atoms with Crippen molar-refractivity contribution in [2.45, 2.75) is 25.8 Å². The molecule has 0 radical (unpaired) electrons. The maximum absolute atomic E-state index is 13.2. The Bertz CT molecular complexity index is 928. The van der Waals surface area contributed by atoms with Crippen LogP contribution in [0, 0.1) is 5.82 Å². The molecule has 1 N–H and O–H groups in total. The van der Waals surface area contributed by atoms with E-state index in [0.29, 0.717) is 24.6 Å². The van der Waals surface area contributed by atoms with Crippen LogP contribution < -0.4 is 14.8 Å². The van der Waals surface area contributed by atoms with Crippen LogP contribution in [-0.4, -0.2) is 18.0 Å². The lowest BCUT2D eigenvalue weighted by atomic mass is 10.1. The van der Waals surface area contributed by atoms with E-state index in [9.17, 15) is 9.18 Å². The number of ether oxygens (including phenoxy) is 2. The van der Waals surface area contributed by atoms with Crippen LogP contribution in [-0.2, 0) is 17.8 Å². The summed E-state index contributed by atoms with van der Waals surface area (Å²) in [5.41, 5.74) is 2.04. The average molecular weight is 394 g/mol. The Kier molecular flexibility index (Phi) is 7.16. The van der Waals surface area contributed by atoms with E-state index in [1.54, 1.807) is 31.5 Å². The Hall–Kier alpha value is -3.41. The van der Waals surface area contributed by atoms with Gasteiger partial charge in [0.05, 0.1) is 7.11 Å². The van der Waals surface area contributed by atoms with E-state index in [1.807, 2.05) is 30.3 Å². The third-order valence-electron chi connectivity index (χ3n) is 4.33. The molecule has 1 heterocycles. The Morgan fingerprint density at radius 3 is 2.52 bits per heavy atom. The van der Waals surface area contributed by atoms with E-state index < -0.39 is 0 Å². The van der Waals surface area contributed by atoms with Gasteiger partial charge < -0.3 is 14.8 Å². The third kappa shape index (κ3) is 6.60. The second-order valence-corrected chi connectivity index (χ2v) is 6.54. The lowest BCUT2D eigenvalue weighted by molar-refractivity contribution is -0.121. The topological polar surface area (TPSA) is 60.5 Å². The molecule has 6 heteroatoms. The molecule has 3 rings (SSSR count). The highest BCUT2D eigenvalue weighted by molar-refractivity contribution is 5.75. The molecule has 0 atom stereocenters. The van der Waals surface area contributed by atoms with Crippen LogP contribution >= 0.6 is 0 Å². The monoisotopic (exact) mass is 394 g/mol. The van der Waals surface area contributed by atoms with Crippen molar-refractivity contribution in [1.82, 2.24) is 10.3 Å². The number of amides is 1. The van der Waals surface area contributed by atoms with Crippen molar-refractivity contribution < 1.29 is 18.7 Å². The summed E-state index contributed by atoms with van der Waals surface area (Å²) in [6.07, 6.45) is 3.70. The molecule has 1 aromatic heterocycles. The number of aromatic nitrogens is 1. The molecule has 0 spiro atoms. The molecule has 0 aliphatic rings. The zero-order valence-corrected chi connectivity index (χ0v) is 16.2. The summed E-state index contributed by atoms with van der Waals surface area (Å²) >= 11 is 0. The number of benzene rings is 2. The van der Waals surface area contributed by atoms with Gasteiger partial charge in [0.15, 0.2) is 0 Å². The van der Waals surface area contributed by atoms with Crippen LogP contribution in [0.3, 0.4) is 0 Å². The number of halogens is 1. The molecule has 0 aliphatic heterocycles. The van der Waals surface area contributed by atoms with E-state index in [1.165, 1.54) is 17.7 Å². The number of carbonyl (C=O) groups is 1. The van der Waals surface area contributed by atoms with Gasteiger partial charge in [0.25, 0.3) is 0 Å². The van der Waals surface area contributed by atoms with Crippen LogP contribution in [0.15, 0.2) is 66.9 Å². The summed E-state index contributed by atoms with van der Waals surface area (Å²) in [6.45, 7) is 0.397. The van der Waals surface area contributed by atoms with Gasteiger partial charge in [-0.2, -0.15) is 0 Å². The van der Waals surface area contributed by atoms with E-state index in [4.69, 9.17) is 9.47 Å². The summed E-state index contributed by atoms with van der Waals surface area (Å²) < 4.78 is 23.8. The van der Waals surface area contributed by atoms with Crippen LogP contribution in [0.1, 0.15) is 24.0 Å². The third-order valence-corrected chi connectivity index (χ3v) is 4.33. The number of nitrogens with one attached hydrogen (secondary N) is 1. The van der Waals surface area contributed by atoms with Crippen molar-refractivity contribution in [1.29, 1.82) is 0 Å². The van der Waals surface area contributed by atoms with Crippen molar-refractivity contribution in [2.75, 3.05) is 7.11 Å². The van der Waals surface area contributed by atoms with E-state index >= 15 is 0 Å². The standard InChI is InChI=1S/C23H23FN2O3/c1-28-20-11-8-17(9-12-20)4-2-7-22(27)25-15-18-10-13-23(26-16-18)29-21-6-3-5-19(24)14-21/h3,5-6,8-14,16H,2,4,7,15H2,1H3,(H,25,27). The largest absolute Gasteiger partial charge is 0.497 e. The van der Waals surface area contributed by atoms with Gasteiger partial charge in [0.2, 0.25) is 11.8 Å². The van der Waals surface area contributed by atoms with E-state index in [0.717, 1.165) is 24.2 Å². The highest BCUT2D eigenvalue weighted by Crippen LogP contribution is 2.20. The number of rotatable bonds is 9. The number of hydrogen-bond donors (Lipinski definition) is 1. The number of nitrogens with zero attached hydrogens (tertiary/aromatic N) is 1. The Morgan fingerprint density at radius 2 is 1.83 bits per heavy atom. The van der Waals surface area contributed by atoms with Gasteiger partial charge in [0.1, 0.15) is 17.3 Å². The number of methoxy groups -OCH3 is 1. The van der Waals surface area contributed by atoms with Crippen molar-refractivity contribution in [2.24, 2.45) is 0 Å². The molecule has 5 nitrogen and oxygen atoms in total. The summed E-state index contributed by atoms with van der Waals surface area (Å²) in [6, 6.07) is 17.2. The van der Waals surface area contributed by atoms with Crippen LogP contribution in [0.4, 0.5) is 4.39 Å². The number of hydrogen-bond acceptors (Lipinski definition) is 4. The number of carbonyl (C=O) groups excluding carboxylic acids is 1. The normalized spacial score (nSPS) is 10.4. The van der Waals surface area contributed by atoms with E-state index in [-0.39, 0.29) is 11.7 Å². The molecular formula is C23H23FN2O3. The predicted molar refractivity (Wildman–Crippen MR) is 108 cm³/mol. The molecule has 0 fully saturated rings. The molecule has 0 aliphatic carbocycles. The predicted octanol–water partition coefficient (Wildman–Crippen LogP) is 4.66. The first-order valence-corrected chi connectivity index (χ1v) is 9.40. The average Bonchev–Trinajstić information content (AvgIpc) is 2.74. The molecule has 0 saturated heterocycles. The highest BCUT2D eigenvalue weighted by Gasteiger charge is 2.04. The summed E-state index contributed by atoms with van der Waals surface area (Å²) in [5.74, 6) is 1.21. The van der Waals surface area contributed by atoms with E-state index in [2.05, 4.69) is 10.3 Å². The molecule has 1 amide bonds. The van der Waals surface area contributed by atoms with Crippen molar-refractivity contribution in [3.05, 3.63) is 83.8 Å². The lowest BCUT2D eigenvalue weighted by Crippen LogP contribution is -2.22. The zero-order chi connectivity index (χ0) is 20.5. The fourth-order valence-corrected chi connectivity index (χ4v) is 2.76. The highest BCUT2D eigenvalue weighted by atomic mass is 19.1. The molecule has 29 heavy (non-hydrogen) atoms. The van der Waals surface area contributed by atoms with Gasteiger partial charge in [-0.25, -0.2) is 9.37 Å². The zero-order valence-electron chi connectivity index (χ0n) is 16.2. The van der Waals surface area contributed by atoms with Crippen molar-refractivity contribution in [3.63, 3.8) is 0 Å². The maximum Gasteiger partial charge on any atom is 0.220 e. The van der Waals surface area contributed by atoms with Gasteiger partial charge in [-0.15, -0.1) is 0 Å². The summed E-state index contributed by atoms with van der Waals surface area (Å²) in [4.78, 5) is 16.2. The minimum Gasteiger partial charge on any atom is -0.497 e. The Labute approximate surface area is 169 Å². The minimum atomic E-state index is -0.367. The van der Waals surface area contributed by atoms with Crippen molar-refractivity contribution in [3.8, 4) is 17.4 Å². The van der Waals surface area contributed by atoms with Gasteiger partial charge in [-0.1, -0.05) is 24.3 Å². The Morgan fingerprint density at radius 1 is 1.03 bits per heavy atom. The fraction of sp³-hybridized carbons (Fsp3) is 0.217. The second kappa shape index (κ2) is 10.2. The smallest absolute Gasteiger partial charge is 0.220 e. The van der Waals surface area contributed by atoms with Gasteiger partial charge in [-0.3, -0.25) is 4.79 Å². The first-order chi connectivity index (χ1) is 14.1. The summed E-state index contributed by atoms with van der Waals surface area (Å²) in [7, 11) is 1.64. The van der Waals surface area contributed by atoms with Crippen LogP contribution in [0.5, 0.6) is 17.4 Å². The maximum atomic E-state index is 13.2. The van der Waals surface area contributed by atoms with Crippen LogP contribution in [0.25, 0.3) is 0 Å². The van der Waals surface area contributed by atoms with Gasteiger partial charge in [-0.05, 0) is 48.2 Å². The van der Waals surface area contributed by atoms with Gasteiger partial charge in [0, 0.05) is 31.3 Å². The number of pyridine rings is 1. The van der Waals surface area contributed by atoms with Gasteiger partial charge >= 0.3 is 0 Å². The first-order valence-electron chi connectivity index (χ1n) is 9.40. The van der Waals surface area contributed by atoms with Crippen molar-refractivity contribution >= 4 is 5.91 Å². The molecule has 0 bridgehead atoms. The molecule has 2 aromatic carbocycles. The molecular weight excluding hydrogens is 371 g/mol. The fourth-order valence-electron chi connectivity index (χ4n) is 2.76.